The highest BCUT2D eigenvalue weighted by atomic mass is 32.2. The molecule has 2 N–H and O–H groups in total. The molecule has 2 rings (SSSR count). The fourth-order valence-electron chi connectivity index (χ4n) is 2.27. The van der Waals surface area contributed by atoms with Gasteiger partial charge in [-0.05, 0) is 48.9 Å². The molecule has 0 spiro atoms. The Balaban J connectivity index is 2.05. The number of rotatable bonds is 4. The van der Waals surface area contributed by atoms with Gasteiger partial charge in [-0.25, -0.2) is 0 Å². The Labute approximate surface area is 126 Å². The minimum Gasteiger partial charge on any atom is -0.481 e. The molecule has 0 unspecified atom stereocenters. The molecule has 0 bridgehead atoms. The first-order valence-electron chi connectivity index (χ1n) is 6.46. The first-order chi connectivity index (χ1) is 10.1. The van der Waals surface area contributed by atoms with Crippen molar-refractivity contribution in [2.24, 2.45) is 11.8 Å². The van der Waals surface area contributed by atoms with Gasteiger partial charge in [-0.1, -0.05) is 12.2 Å². The summed E-state index contributed by atoms with van der Waals surface area (Å²) in [4.78, 5) is 24.2. The van der Waals surface area contributed by atoms with E-state index < -0.39 is 17.8 Å². The van der Waals surface area contributed by atoms with Crippen LogP contribution in [0.5, 0.6) is 0 Å². The molecule has 0 aliphatic heterocycles. The molecule has 0 heterocycles. The first kappa shape index (κ1) is 15.1. The summed E-state index contributed by atoms with van der Waals surface area (Å²) in [6.45, 7) is 0. The van der Waals surface area contributed by atoms with Crippen LogP contribution in [0.25, 0.3) is 0 Å². The number of aliphatic carboxylic acids is 1. The Hall–Kier alpha value is -2.26. The molecule has 0 radical (unpaired) electrons. The number of nitrogens with one attached hydrogen (secondary N) is 1. The van der Waals surface area contributed by atoms with Crippen LogP contribution in [-0.2, 0) is 9.59 Å². The summed E-state index contributed by atoms with van der Waals surface area (Å²) >= 11 is 1.04. The number of carboxylic acids is 1. The van der Waals surface area contributed by atoms with Crippen LogP contribution in [0.3, 0.4) is 0 Å². The Kier molecular flexibility index (Phi) is 5.01. The van der Waals surface area contributed by atoms with E-state index in [1.807, 2.05) is 11.5 Å². The highest BCUT2D eigenvalue weighted by molar-refractivity contribution is 8.03. The topological polar surface area (TPSA) is 90.2 Å². The number of allylic oxidation sites excluding steroid dienone is 2. The lowest BCUT2D eigenvalue weighted by Crippen LogP contribution is -2.34. The van der Waals surface area contributed by atoms with Crippen LogP contribution < -0.4 is 5.32 Å². The molecule has 5 nitrogen and oxygen atoms in total. The molecule has 1 amide bonds. The number of carbonyl (C=O) groups is 2. The van der Waals surface area contributed by atoms with Crippen LogP contribution >= 0.6 is 11.8 Å². The van der Waals surface area contributed by atoms with E-state index in [2.05, 4.69) is 5.32 Å². The van der Waals surface area contributed by atoms with Crippen LogP contribution in [0, 0.1) is 22.5 Å². The number of thioether (sulfide) groups is 1. The fourth-order valence-corrected chi connectivity index (χ4v) is 2.65. The van der Waals surface area contributed by atoms with Gasteiger partial charge in [0.05, 0.1) is 11.8 Å². The summed E-state index contributed by atoms with van der Waals surface area (Å²) < 4.78 is 0. The monoisotopic (exact) mass is 302 g/mol. The van der Waals surface area contributed by atoms with Gasteiger partial charge < -0.3 is 10.4 Å². The maximum atomic E-state index is 12.2. The van der Waals surface area contributed by atoms with Gasteiger partial charge in [0.2, 0.25) is 5.91 Å². The average Bonchev–Trinajstić information content (AvgIpc) is 2.49. The van der Waals surface area contributed by atoms with Gasteiger partial charge in [-0.2, -0.15) is 5.26 Å². The predicted octanol–water partition coefficient (Wildman–Crippen LogP) is 2.87. The van der Waals surface area contributed by atoms with Gasteiger partial charge in [0.1, 0.15) is 5.40 Å². The predicted molar refractivity (Wildman–Crippen MR) is 79.5 cm³/mol. The Morgan fingerprint density at radius 3 is 2.38 bits per heavy atom. The van der Waals surface area contributed by atoms with E-state index >= 15 is 0 Å². The third kappa shape index (κ3) is 3.86. The summed E-state index contributed by atoms with van der Waals surface area (Å²) in [6.07, 6.45) is 4.46. The number of anilines is 1. The van der Waals surface area contributed by atoms with Crippen molar-refractivity contribution < 1.29 is 14.7 Å². The number of nitrogens with zero attached hydrogens (tertiary/aromatic N) is 1. The zero-order valence-electron chi connectivity index (χ0n) is 11.2. The van der Waals surface area contributed by atoms with Crippen LogP contribution in [0.1, 0.15) is 12.8 Å². The summed E-state index contributed by atoms with van der Waals surface area (Å²) in [5.74, 6) is -2.46. The van der Waals surface area contributed by atoms with Crippen molar-refractivity contribution in [3.63, 3.8) is 0 Å². The quantitative estimate of drug-likeness (QED) is 0.507. The highest BCUT2D eigenvalue weighted by Crippen LogP contribution is 2.27. The van der Waals surface area contributed by atoms with Crippen LogP contribution in [-0.4, -0.2) is 17.0 Å². The third-order valence-electron chi connectivity index (χ3n) is 3.37. The average molecular weight is 302 g/mol. The van der Waals surface area contributed by atoms with Gasteiger partial charge in [0.15, 0.2) is 0 Å². The number of amides is 1. The summed E-state index contributed by atoms with van der Waals surface area (Å²) in [6, 6.07) is 6.87. The Bertz CT molecular complexity index is 604. The molecule has 1 aromatic rings. The first-order valence-corrected chi connectivity index (χ1v) is 7.28. The maximum Gasteiger partial charge on any atom is 0.307 e. The maximum absolute atomic E-state index is 12.2. The van der Waals surface area contributed by atoms with Crippen molar-refractivity contribution in [3.8, 4) is 5.40 Å². The lowest BCUT2D eigenvalue weighted by atomic mass is 9.82. The molecule has 0 saturated heterocycles. The van der Waals surface area contributed by atoms with Gasteiger partial charge in [-0.15, -0.1) is 0 Å². The number of benzene rings is 1. The molecule has 0 fully saturated rings. The van der Waals surface area contributed by atoms with Crippen molar-refractivity contribution in [1.29, 1.82) is 5.26 Å². The third-order valence-corrected chi connectivity index (χ3v) is 3.97. The lowest BCUT2D eigenvalue weighted by Gasteiger charge is -2.24. The Morgan fingerprint density at radius 2 is 1.81 bits per heavy atom. The van der Waals surface area contributed by atoms with Crippen LogP contribution in [0.4, 0.5) is 5.69 Å². The minimum atomic E-state index is -0.944. The number of carboxylic acid groups (broad SMARTS) is 1. The molecule has 1 aromatic carbocycles. The van der Waals surface area contributed by atoms with Crippen molar-refractivity contribution in [2.45, 2.75) is 17.7 Å². The zero-order valence-corrected chi connectivity index (χ0v) is 12.0. The standard InChI is InChI=1S/C15H14N2O3S/c16-9-21-11-7-5-10(6-8-11)17-14(18)12-3-1-2-4-13(12)15(19)20/h1-2,5-8,12-13H,3-4H2,(H,17,18)(H,19,20)/t12-,13+/m0/s1. The van der Waals surface area contributed by atoms with Crippen molar-refractivity contribution in [2.75, 3.05) is 5.32 Å². The number of nitriles is 1. The summed E-state index contributed by atoms with van der Waals surface area (Å²) in [7, 11) is 0. The van der Waals surface area contributed by atoms with E-state index in [9.17, 15) is 14.7 Å². The largest absolute Gasteiger partial charge is 0.481 e. The van der Waals surface area contributed by atoms with E-state index in [-0.39, 0.29) is 5.91 Å². The second-order valence-electron chi connectivity index (χ2n) is 4.70. The second-order valence-corrected chi connectivity index (χ2v) is 5.56. The number of hydrogen-bond acceptors (Lipinski definition) is 4. The van der Waals surface area contributed by atoms with Crippen molar-refractivity contribution in [3.05, 3.63) is 36.4 Å². The molecule has 21 heavy (non-hydrogen) atoms. The highest BCUT2D eigenvalue weighted by Gasteiger charge is 2.33. The molecule has 108 valence electrons. The summed E-state index contributed by atoms with van der Waals surface area (Å²) in [5, 5.41) is 22.4. The van der Waals surface area contributed by atoms with E-state index in [4.69, 9.17) is 5.26 Å². The number of carbonyl (C=O) groups excluding carboxylic acids is 1. The molecule has 1 aliphatic carbocycles. The van der Waals surface area contributed by atoms with Crippen molar-refractivity contribution >= 4 is 29.3 Å². The lowest BCUT2D eigenvalue weighted by molar-refractivity contribution is -0.146. The van der Waals surface area contributed by atoms with E-state index in [1.54, 1.807) is 30.3 Å². The SMILES string of the molecule is N#CSc1ccc(NC(=O)[C@H]2CC=CC[C@H]2C(=O)O)cc1. The van der Waals surface area contributed by atoms with E-state index in [0.29, 0.717) is 18.5 Å². The molecule has 2 atom stereocenters. The summed E-state index contributed by atoms with van der Waals surface area (Å²) in [5.41, 5.74) is 0.598. The van der Waals surface area contributed by atoms with Gasteiger partial charge >= 0.3 is 5.97 Å². The normalized spacial score (nSPS) is 20.5. The second kappa shape index (κ2) is 6.95. The Morgan fingerprint density at radius 1 is 1.19 bits per heavy atom. The molecular formula is C15H14N2O3S. The fraction of sp³-hybridized carbons (Fsp3) is 0.267. The van der Waals surface area contributed by atoms with Crippen LogP contribution in [0.2, 0.25) is 0 Å². The van der Waals surface area contributed by atoms with Crippen LogP contribution in [0.15, 0.2) is 41.3 Å². The molecule has 0 saturated carbocycles. The van der Waals surface area contributed by atoms with Crippen molar-refractivity contribution in [1.82, 2.24) is 0 Å². The van der Waals surface area contributed by atoms with E-state index in [0.717, 1.165) is 16.7 Å². The number of thiocyanates is 1. The molecule has 6 heteroatoms. The molecular weight excluding hydrogens is 288 g/mol. The van der Waals surface area contributed by atoms with Gasteiger partial charge in [0, 0.05) is 10.6 Å². The zero-order chi connectivity index (χ0) is 15.2. The van der Waals surface area contributed by atoms with Gasteiger partial charge in [-0.3, -0.25) is 9.59 Å². The molecule has 0 aromatic heterocycles. The molecule has 1 aliphatic rings. The van der Waals surface area contributed by atoms with E-state index in [1.165, 1.54) is 0 Å². The number of hydrogen-bond donors (Lipinski definition) is 2. The minimum absolute atomic E-state index is 0.285. The smallest absolute Gasteiger partial charge is 0.307 e. The van der Waals surface area contributed by atoms with Gasteiger partial charge in [0.25, 0.3) is 0 Å².